The summed E-state index contributed by atoms with van der Waals surface area (Å²) in [4.78, 5) is 27.8. The number of nitro groups is 3. The first-order valence-electron chi connectivity index (χ1n) is 9.65. The zero-order chi connectivity index (χ0) is 23.0. The Balaban J connectivity index is 0.000000303. The maximum atomic E-state index is 10.4. The highest BCUT2D eigenvalue weighted by molar-refractivity contribution is 5.64. The zero-order valence-electron chi connectivity index (χ0n) is 17.2. The molecule has 2 rings (SSSR count). The number of aliphatic hydroxyl groups is 1. The summed E-state index contributed by atoms with van der Waals surface area (Å²) in [7, 11) is 0. The summed E-state index contributed by atoms with van der Waals surface area (Å²) in [6.07, 6.45) is 4.07. The molecule has 0 aromatic heterocycles. The average Bonchev–Trinajstić information content (AvgIpc) is 2.66. The van der Waals surface area contributed by atoms with Crippen LogP contribution in [-0.2, 0) is 0 Å². The lowest BCUT2D eigenvalue weighted by molar-refractivity contribution is -0.404. The Morgan fingerprint density at radius 1 is 1.07 bits per heavy atom. The number of nitro benzene ring substituents is 3. The lowest BCUT2D eigenvalue weighted by atomic mass is 9.73. The second-order valence-corrected chi connectivity index (χ2v) is 7.62. The first kappa shape index (κ1) is 25.2. The third-order valence-electron chi connectivity index (χ3n) is 5.28. The van der Waals surface area contributed by atoms with E-state index in [9.17, 15) is 30.3 Å². The number of benzene rings is 1. The fourth-order valence-corrected chi connectivity index (χ4v) is 3.76. The highest BCUT2D eigenvalue weighted by Gasteiger charge is 2.32. The van der Waals surface area contributed by atoms with Crippen molar-refractivity contribution in [1.82, 2.24) is 5.32 Å². The van der Waals surface area contributed by atoms with Crippen LogP contribution in [0, 0.1) is 48.1 Å². The van der Waals surface area contributed by atoms with E-state index in [-0.39, 0.29) is 6.61 Å². The van der Waals surface area contributed by atoms with Gasteiger partial charge in [-0.15, -0.1) is 0 Å². The summed E-state index contributed by atoms with van der Waals surface area (Å²) in [5, 5.41) is 52.6. The van der Waals surface area contributed by atoms with Gasteiger partial charge < -0.3 is 15.5 Å². The van der Waals surface area contributed by atoms with E-state index in [1.54, 1.807) is 0 Å². The fraction of sp³-hybridized carbons (Fsp3) is 0.667. The van der Waals surface area contributed by atoms with Crippen molar-refractivity contribution in [2.75, 3.05) is 13.2 Å². The SMILES string of the molecule is CC(C)C1CCCC(C)C1NCCO.O=[N+]([O-])c1cc([N+](=O)[O-])c(O)c([N+](=O)[O-])c1. The molecule has 12 heteroatoms. The van der Waals surface area contributed by atoms with Gasteiger partial charge in [0, 0.05) is 12.6 Å². The van der Waals surface area contributed by atoms with Crippen LogP contribution < -0.4 is 5.32 Å². The lowest BCUT2D eigenvalue weighted by Crippen LogP contribution is -2.46. The van der Waals surface area contributed by atoms with Gasteiger partial charge in [-0.2, -0.15) is 0 Å². The fourth-order valence-electron chi connectivity index (χ4n) is 3.76. The van der Waals surface area contributed by atoms with Crippen molar-refractivity contribution in [3.05, 3.63) is 42.5 Å². The molecule has 1 aliphatic carbocycles. The predicted octanol–water partition coefficient (Wildman–Crippen LogP) is 3.15. The number of hydrogen-bond acceptors (Lipinski definition) is 9. The van der Waals surface area contributed by atoms with E-state index in [1.807, 2.05) is 0 Å². The van der Waals surface area contributed by atoms with Crippen LogP contribution in [0.1, 0.15) is 40.0 Å². The van der Waals surface area contributed by atoms with Crippen LogP contribution in [0.3, 0.4) is 0 Å². The molecule has 30 heavy (non-hydrogen) atoms. The van der Waals surface area contributed by atoms with Crippen molar-refractivity contribution in [2.45, 2.75) is 46.1 Å². The molecule has 1 aromatic carbocycles. The molecule has 3 atom stereocenters. The number of aromatic hydroxyl groups is 1. The molecule has 0 heterocycles. The summed E-state index contributed by atoms with van der Waals surface area (Å²) >= 11 is 0. The summed E-state index contributed by atoms with van der Waals surface area (Å²) < 4.78 is 0. The number of hydrogen-bond donors (Lipinski definition) is 3. The minimum Gasteiger partial charge on any atom is -0.497 e. The predicted molar refractivity (Wildman–Crippen MR) is 108 cm³/mol. The first-order chi connectivity index (χ1) is 14.0. The third kappa shape index (κ3) is 6.59. The van der Waals surface area contributed by atoms with Crippen molar-refractivity contribution >= 4 is 17.1 Å². The zero-order valence-corrected chi connectivity index (χ0v) is 17.2. The molecule has 1 fully saturated rings. The lowest BCUT2D eigenvalue weighted by Gasteiger charge is -2.39. The van der Waals surface area contributed by atoms with Gasteiger partial charge in [-0.25, -0.2) is 0 Å². The highest BCUT2D eigenvalue weighted by Crippen LogP contribution is 2.39. The molecule has 168 valence electrons. The van der Waals surface area contributed by atoms with Gasteiger partial charge in [0.05, 0.1) is 33.5 Å². The van der Waals surface area contributed by atoms with Crippen LogP contribution in [0.25, 0.3) is 0 Å². The van der Waals surface area contributed by atoms with Crippen molar-refractivity contribution in [1.29, 1.82) is 0 Å². The van der Waals surface area contributed by atoms with Crippen LogP contribution in [0.15, 0.2) is 12.1 Å². The molecule has 1 aromatic rings. The van der Waals surface area contributed by atoms with Crippen molar-refractivity contribution in [2.24, 2.45) is 17.8 Å². The maximum absolute atomic E-state index is 10.4. The molecule has 0 amide bonds. The van der Waals surface area contributed by atoms with Gasteiger partial charge >= 0.3 is 11.4 Å². The molecule has 0 bridgehead atoms. The summed E-state index contributed by atoms with van der Waals surface area (Å²) in [6, 6.07) is 1.51. The van der Waals surface area contributed by atoms with Crippen LogP contribution >= 0.6 is 0 Å². The molecule has 3 unspecified atom stereocenters. The van der Waals surface area contributed by atoms with Crippen LogP contribution in [0.5, 0.6) is 5.75 Å². The Labute approximate surface area is 173 Å². The van der Waals surface area contributed by atoms with Gasteiger partial charge in [0.25, 0.3) is 11.4 Å². The van der Waals surface area contributed by atoms with E-state index >= 15 is 0 Å². The molecule has 1 saturated carbocycles. The van der Waals surface area contributed by atoms with Crippen LogP contribution in [-0.4, -0.2) is 44.2 Å². The van der Waals surface area contributed by atoms with E-state index < -0.39 is 37.6 Å². The minimum atomic E-state index is -1.21. The second kappa shape index (κ2) is 11.4. The number of nitrogens with one attached hydrogen (secondary N) is 1. The van der Waals surface area contributed by atoms with Gasteiger partial charge in [0.1, 0.15) is 0 Å². The van der Waals surface area contributed by atoms with E-state index in [0.29, 0.717) is 18.2 Å². The molecule has 1 aliphatic rings. The number of aliphatic hydroxyl groups excluding tert-OH is 1. The largest absolute Gasteiger partial charge is 0.497 e. The van der Waals surface area contributed by atoms with E-state index in [0.717, 1.165) is 24.3 Å². The standard InChI is InChI=1S/C12H25NO.C6H3N3O7/c1-9(2)11-6-4-5-10(3)12(11)13-7-8-14;10-6-4(8(13)14)1-3(7(11)12)2-5(6)9(15)16/h9-14H,4-8H2,1-3H3;1-2,10H. The minimum absolute atomic E-state index is 0.258. The first-order valence-corrected chi connectivity index (χ1v) is 9.65. The molecular formula is C18H28N4O8. The average molecular weight is 428 g/mol. The number of phenolic OH excluding ortho intramolecular Hbond substituents is 1. The Morgan fingerprint density at radius 2 is 1.60 bits per heavy atom. The Morgan fingerprint density at radius 3 is 2.00 bits per heavy atom. The monoisotopic (exact) mass is 428 g/mol. The third-order valence-corrected chi connectivity index (χ3v) is 5.28. The van der Waals surface area contributed by atoms with Crippen molar-refractivity contribution < 1.29 is 25.0 Å². The number of phenols is 1. The Bertz CT molecular complexity index is 736. The molecule has 12 nitrogen and oxygen atoms in total. The van der Waals surface area contributed by atoms with E-state index in [1.165, 1.54) is 19.3 Å². The molecular weight excluding hydrogens is 400 g/mol. The quantitative estimate of drug-likeness (QED) is 0.434. The van der Waals surface area contributed by atoms with E-state index in [2.05, 4.69) is 26.1 Å². The number of non-ortho nitro benzene ring substituents is 1. The highest BCUT2D eigenvalue weighted by atomic mass is 16.6. The Hall–Kier alpha value is -2.86. The van der Waals surface area contributed by atoms with E-state index in [4.69, 9.17) is 10.2 Å². The normalized spacial score (nSPS) is 20.9. The second-order valence-electron chi connectivity index (χ2n) is 7.62. The maximum Gasteiger partial charge on any atom is 0.324 e. The molecule has 0 spiro atoms. The Kier molecular flexibility index (Phi) is 9.53. The molecule has 0 saturated heterocycles. The topological polar surface area (TPSA) is 182 Å². The van der Waals surface area contributed by atoms with Crippen LogP contribution in [0.4, 0.5) is 17.1 Å². The summed E-state index contributed by atoms with van der Waals surface area (Å²) in [5.41, 5.74) is -3.00. The van der Waals surface area contributed by atoms with Crippen LogP contribution in [0.2, 0.25) is 0 Å². The number of nitrogens with zero attached hydrogens (tertiary/aromatic N) is 3. The van der Waals surface area contributed by atoms with Gasteiger partial charge in [0.2, 0.25) is 0 Å². The van der Waals surface area contributed by atoms with Crippen molar-refractivity contribution in [3.63, 3.8) is 0 Å². The summed E-state index contributed by atoms with van der Waals surface area (Å²) in [5.74, 6) is 1.11. The van der Waals surface area contributed by atoms with Gasteiger partial charge in [-0.3, -0.25) is 30.3 Å². The van der Waals surface area contributed by atoms with Crippen molar-refractivity contribution in [3.8, 4) is 5.75 Å². The van der Waals surface area contributed by atoms with Gasteiger partial charge in [-0.1, -0.05) is 27.2 Å². The van der Waals surface area contributed by atoms with Gasteiger partial charge in [0.15, 0.2) is 0 Å². The smallest absolute Gasteiger partial charge is 0.324 e. The summed E-state index contributed by atoms with van der Waals surface area (Å²) in [6.45, 7) is 7.97. The van der Waals surface area contributed by atoms with Gasteiger partial charge in [-0.05, 0) is 30.6 Å². The molecule has 0 radical (unpaired) electrons. The molecule has 3 N–H and O–H groups in total. The number of rotatable bonds is 7. The molecule has 0 aliphatic heterocycles.